The van der Waals surface area contributed by atoms with Crippen molar-refractivity contribution < 1.29 is 38.0 Å². The molecule has 0 spiro atoms. The number of alkyl halides is 2. The third kappa shape index (κ3) is 4.83. The Kier molecular flexibility index (Phi) is 6.60. The van der Waals surface area contributed by atoms with Crippen LogP contribution in [0.15, 0.2) is 36.4 Å². The first-order valence-electron chi connectivity index (χ1n) is 10.9. The predicted molar refractivity (Wildman–Crippen MR) is 117 cm³/mol. The maximum Gasteiger partial charge on any atom is 0.387 e. The van der Waals surface area contributed by atoms with Gasteiger partial charge in [-0.2, -0.15) is 8.78 Å². The van der Waals surface area contributed by atoms with Gasteiger partial charge in [-0.1, -0.05) is 31.4 Å². The van der Waals surface area contributed by atoms with E-state index in [0.29, 0.717) is 18.6 Å². The normalized spacial score (nSPS) is 19.5. The summed E-state index contributed by atoms with van der Waals surface area (Å²) in [6.45, 7) is -2.62. The lowest BCUT2D eigenvalue weighted by molar-refractivity contribution is -0.0887. The Hall–Kier alpha value is -3.07. The molecule has 7 nitrogen and oxygen atoms in total. The van der Waals surface area contributed by atoms with Gasteiger partial charge in [-0.05, 0) is 42.7 Å². The van der Waals surface area contributed by atoms with E-state index in [2.05, 4.69) is 4.74 Å². The molecule has 1 unspecified atom stereocenters. The Morgan fingerprint density at radius 1 is 1.18 bits per heavy atom. The quantitative estimate of drug-likeness (QED) is 0.627. The van der Waals surface area contributed by atoms with E-state index in [1.807, 2.05) is 12.1 Å². The first kappa shape index (κ1) is 23.1. The fourth-order valence-corrected chi connectivity index (χ4v) is 4.67. The first-order chi connectivity index (χ1) is 15.8. The van der Waals surface area contributed by atoms with Crippen LogP contribution in [0.1, 0.15) is 48.0 Å². The second-order valence-electron chi connectivity index (χ2n) is 8.47. The average molecular weight is 463 g/mol. The van der Waals surface area contributed by atoms with Gasteiger partial charge in [-0.3, -0.25) is 0 Å². The third-order valence-electron chi connectivity index (χ3n) is 6.36. The Labute approximate surface area is 190 Å². The minimum absolute atomic E-state index is 0.0843. The minimum atomic E-state index is -3.11. The van der Waals surface area contributed by atoms with E-state index in [1.165, 1.54) is 12.1 Å². The fourth-order valence-electron chi connectivity index (χ4n) is 4.67. The number of ether oxygens (including phenoxy) is 3. The molecule has 33 heavy (non-hydrogen) atoms. The number of rotatable bonds is 7. The minimum Gasteiger partial charge on any atom is -0.497 e. The summed E-state index contributed by atoms with van der Waals surface area (Å²) in [5.41, 5.74) is -0.217. The number of carboxylic acid groups (broad SMARTS) is 1. The van der Waals surface area contributed by atoms with E-state index in [0.717, 1.165) is 24.8 Å². The highest BCUT2D eigenvalue weighted by atomic mass is 19.3. The molecule has 9 heteroatoms. The van der Waals surface area contributed by atoms with Gasteiger partial charge in [0.15, 0.2) is 11.5 Å². The molecule has 178 valence electrons. The Bertz CT molecular complexity index is 991. The number of fused-ring (bicyclic) bond motifs is 1. The van der Waals surface area contributed by atoms with Gasteiger partial charge in [0, 0.05) is 6.54 Å². The lowest BCUT2D eigenvalue weighted by Gasteiger charge is -2.45. The summed E-state index contributed by atoms with van der Waals surface area (Å²) in [6.07, 6.45) is 2.98. The zero-order valence-corrected chi connectivity index (χ0v) is 18.3. The van der Waals surface area contributed by atoms with Gasteiger partial charge in [0.25, 0.3) is 0 Å². The second kappa shape index (κ2) is 9.43. The Morgan fingerprint density at radius 3 is 2.48 bits per heavy atom. The lowest BCUT2D eigenvalue weighted by atomic mass is 9.80. The fraction of sp³-hybridized carbons (Fsp3) is 0.458. The van der Waals surface area contributed by atoms with Crippen LogP contribution in [0.2, 0.25) is 0 Å². The number of benzene rings is 2. The number of halogens is 2. The number of anilines is 1. The van der Waals surface area contributed by atoms with Gasteiger partial charge in [0.1, 0.15) is 17.5 Å². The maximum atomic E-state index is 13.1. The van der Waals surface area contributed by atoms with Crippen molar-refractivity contribution in [2.45, 2.75) is 57.0 Å². The molecule has 0 saturated heterocycles. The molecule has 2 aliphatic rings. The predicted octanol–water partition coefficient (Wildman–Crippen LogP) is 4.46. The Morgan fingerprint density at radius 2 is 1.88 bits per heavy atom. The van der Waals surface area contributed by atoms with E-state index >= 15 is 0 Å². The molecular formula is C24H27F2NO6. The average Bonchev–Trinajstić information content (AvgIpc) is 2.79. The molecule has 1 aliphatic heterocycles. The van der Waals surface area contributed by atoms with E-state index in [9.17, 15) is 23.8 Å². The van der Waals surface area contributed by atoms with Crippen LogP contribution in [0, 0.1) is 0 Å². The summed E-state index contributed by atoms with van der Waals surface area (Å²) in [6, 6.07) is 9.68. The van der Waals surface area contributed by atoms with Crippen LogP contribution in [-0.2, 0) is 6.54 Å². The van der Waals surface area contributed by atoms with Crippen molar-refractivity contribution in [2.24, 2.45) is 0 Å². The number of hydrogen-bond donors (Lipinski definition) is 2. The van der Waals surface area contributed by atoms with Crippen LogP contribution in [0.3, 0.4) is 0 Å². The van der Waals surface area contributed by atoms with Crippen molar-refractivity contribution >= 4 is 11.7 Å². The zero-order valence-electron chi connectivity index (χ0n) is 18.3. The summed E-state index contributed by atoms with van der Waals surface area (Å²) in [5.74, 6) is -0.879. The molecule has 2 N–H and O–H groups in total. The summed E-state index contributed by atoms with van der Waals surface area (Å²) in [7, 11) is 1.56. The molecule has 4 rings (SSSR count). The topological polar surface area (TPSA) is 88.5 Å². The summed E-state index contributed by atoms with van der Waals surface area (Å²) in [4.78, 5) is 13.8. The van der Waals surface area contributed by atoms with Crippen LogP contribution >= 0.6 is 0 Å². The van der Waals surface area contributed by atoms with Crippen LogP contribution in [0.5, 0.6) is 17.2 Å². The monoisotopic (exact) mass is 463 g/mol. The van der Waals surface area contributed by atoms with Crippen molar-refractivity contribution in [3.8, 4) is 17.2 Å². The lowest BCUT2D eigenvalue weighted by Crippen LogP contribution is -2.55. The van der Waals surface area contributed by atoms with Crippen molar-refractivity contribution in [1.29, 1.82) is 0 Å². The van der Waals surface area contributed by atoms with E-state index in [-0.39, 0.29) is 35.8 Å². The van der Waals surface area contributed by atoms with E-state index in [4.69, 9.17) is 9.47 Å². The Balaban J connectivity index is 1.79. The van der Waals surface area contributed by atoms with Crippen molar-refractivity contribution in [3.63, 3.8) is 0 Å². The van der Waals surface area contributed by atoms with Crippen LogP contribution in [-0.4, -0.2) is 48.2 Å². The summed E-state index contributed by atoms with van der Waals surface area (Å²) >= 11 is 0. The van der Waals surface area contributed by atoms with Gasteiger partial charge in [-0.25, -0.2) is 4.79 Å². The van der Waals surface area contributed by atoms with Gasteiger partial charge in [0.05, 0.1) is 24.9 Å². The van der Waals surface area contributed by atoms with Crippen LogP contribution in [0.4, 0.5) is 14.5 Å². The molecule has 2 aromatic rings. The molecule has 2 aromatic carbocycles. The smallest absolute Gasteiger partial charge is 0.387 e. The van der Waals surface area contributed by atoms with E-state index < -0.39 is 24.3 Å². The number of methoxy groups -OCH3 is 1. The maximum absolute atomic E-state index is 13.1. The molecule has 0 amide bonds. The molecule has 0 aromatic heterocycles. The van der Waals surface area contributed by atoms with Crippen molar-refractivity contribution in [1.82, 2.24) is 0 Å². The van der Waals surface area contributed by atoms with Crippen LogP contribution < -0.4 is 19.1 Å². The van der Waals surface area contributed by atoms with Crippen molar-refractivity contribution in [2.75, 3.05) is 18.6 Å². The molecule has 1 saturated carbocycles. The highest BCUT2D eigenvalue weighted by Crippen LogP contribution is 2.48. The molecule has 1 fully saturated rings. The molecule has 0 radical (unpaired) electrons. The highest BCUT2D eigenvalue weighted by Gasteiger charge is 2.45. The third-order valence-corrected chi connectivity index (χ3v) is 6.36. The van der Waals surface area contributed by atoms with Gasteiger partial charge < -0.3 is 29.3 Å². The summed E-state index contributed by atoms with van der Waals surface area (Å²) in [5, 5.41) is 21.1. The SMILES string of the molecule is COc1ccc(CN2CC(C3(O)CCCCC3)Oc3c(OC(F)F)ccc(C(=O)O)c32)cc1. The van der Waals surface area contributed by atoms with E-state index in [1.54, 1.807) is 24.1 Å². The largest absolute Gasteiger partial charge is 0.497 e. The summed E-state index contributed by atoms with van der Waals surface area (Å²) < 4.78 is 42.2. The molecule has 1 aliphatic carbocycles. The van der Waals surface area contributed by atoms with Crippen LogP contribution in [0.25, 0.3) is 0 Å². The van der Waals surface area contributed by atoms with Crippen molar-refractivity contribution in [3.05, 3.63) is 47.5 Å². The van der Waals surface area contributed by atoms with Gasteiger partial charge in [-0.15, -0.1) is 0 Å². The number of carbonyl (C=O) groups is 1. The zero-order chi connectivity index (χ0) is 23.6. The van der Waals surface area contributed by atoms with Gasteiger partial charge in [0.2, 0.25) is 0 Å². The number of nitrogens with zero attached hydrogens (tertiary/aromatic N) is 1. The highest BCUT2D eigenvalue weighted by molar-refractivity contribution is 5.97. The van der Waals surface area contributed by atoms with Gasteiger partial charge >= 0.3 is 12.6 Å². The molecular weight excluding hydrogens is 436 g/mol. The molecule has 0 bridgehead atoms. The number of hydrogen-bond acceptors (Lipinski definition) is 6. The molecule has 1 atom stereocenters. The molecule has 1 heterocycles. The number of aromatic carboxylic acids is 1. The number of aliphatic hydroxyl groups is 1. The standard InChI is InChI=1S/C24H27F2NO6/c1-31-16-7-5-15(6-8-16)13-27-14-19(24(30)11-3-2-4-12-24)33-21-18(32-23(25)26)10-9-17(20(21)27)22(28)29/h5-10,19,23,30H,2-4,11-14H2,1H3,(H,28,29). The first-order valence-corrected chi connectivity index (χ1v) is 10.9. The number of carboxylic acids is 1. The second-order valence-corrected chi connectivity index (χ2v) is 8.47.